The molecule has 0 saturated heterocycles. The summed E-state index contributed by atoms with van der Waals surface area (Å²) in [6, 6.07) is 0.952. The Morgan fingerprint density at radius 3 is 1.88 bits per heavy atom. The molecule has 0 radical (unpaired) electrons. The first-order valence-electron chi connectivity index (χ1n) is 8.18. The summed E-state index contributed by atoms with van der Waals surface area (Å²) < 4.78 is 146. The van der Waals surface area contributed by atoms with E-state index in [1.807, 2.05) is 0 Å². The number of aromatic carboxylic acids is 1. The quantitative estimate of drug-likeness (QED) is 0.472. The number of hydrogen-bond donors (Lipinski definition) is 1. The summed E-state index contributed by atoms with van der Waals surface area (Å²) >= 11 is 0. The van der Waals surface area contributed by atoms with Gasteiger partial charge in [0.2, 0.25) is 0 Å². The van der Waals surface area contributed by atoms with Gasteiger partial charge in [0, 0.05) is 5.56 Å². The molecule has 32 heavy (non-hydrogen) atoms. The fourth-order valence-corrected chi connectivity index (χ4v) is 2.69. The Balaban J connectivity index is 2.64. The largest absolute Gasteiger partial charge is 0.478 e. The second kappa shape index (κ2) is 8.43. The Labute approximate surface area is 171 Å². The molecule has 0 aliphatic rings. The van der Waals surface area contributed by atoms with Crippen molar-refractivity contribution >= 4 is 11.8 Å². The van der Waals surface area contributed by atoms with Gasteiger partial charge in [0.25, 0.3) is 0 Å². The standard InChI is InChI=1S/C19H9F11O2/c20-14-4-2-8(5-13(14)19(28,29)30)11(17(22,23)24)7-15(21)9-1-3-10(16(31)32)12(6-9)18(25,26)27/h1-7,11H,(H,31,32)/b15-7-. The second-order valence-electron chi connectivity index (χ2n) is 6.33. The normalized spacial score (nSPS) is 14.4. The van der Waals surface area contributed by atoms with Crippen LogP contribution in [0.1, 0.15) is 38.5 Å². The molecular formula is C19H9F11O2. The van der Waals surface area contributed by atoms with Gasteiger partial charge >= 0.3 is 24.5 Å². The van der Waals surface area contributed by atoms with Crippen LogP contribution in [0.5, 0.6) is 0 Å². The van der Waals surface area contributed by atoms with Crippen LogP contribution in [0.2, 0.25) is 0 Å². The van der Waals surface area contributed by atoms with Crippen molar-refractivity contribution in [3.8, 4) is 0 Å². The van der Waals surface area contributed by atoms with E-state index in [4.69, 9.17) is 5.11 Å². The molecule has 0 aliphatic carbocycles. The van der Waals surface area contributed by atoms with E-state index >= 15 is 0 Å². The maximum Gasteiger partial charge on any atom is 0.419 e. The van der Waals surface area contributed by atoms with Gasteiger partial charge in [-0.2, -0.15) is 39.5 Å². The first kappa shape index (κ1) is 25.1. The topological polar surface area (TPSA) is 37.3 Å². The molecule has 0 saturated carbocycles. The molecule has 174 valence electrons. The third kappa shape index (κ3) is 5.56. The fourth-order valence-electron chi connectivity index (χ4n) is 2.69. The van der Waals surface area contributed by atoms with E-state index in [0.717, 1.165) is 0 Å². The van der Waals surface area contributed by atoms with Crippen LogP contribution < -0.4 is 0 Å². The number of alkyl halides is 9. The van der Waals surface area contributed by atoms with Gasteiger partial charge in [0.1, 0.15) is 17.6 Å². The summed E-state index contributed by atoms with van der Waals surface area (Å²) in [6.45, 7) is 0. The molecule has 0 aromatic heterocycles. The average molecular weight is 478 g/mol. The van der Waals surface area contributed by atoms with Gasteiger partial charge in [0.15, 0.2) is 0 Å². The predicted molar refractivity (Wildman–Crippen MR) is 87.7 cm³/mol. The van der Waals surface area contributed by atoms with E-state index in [2.05, 4.69) is 0 Å². The molecule has 1 N–H and O–H groups in total. The molecule has 2 rings (SSSR count). The zero-order valence-corrected chi connectivity index (χ0v) is 15.1. The van der Waals surface area contributed by atoms with Crippen LogP contribution in [0.4, 0.5) is 48.3 Å². The highest BCUT2D eigenvalue weighted by Crippen LogP contribution is 2.41. The molecule has 0 bridgehead atoms. The van der Waals surface area contributed by atoms with Crippen LogP contribution in [0.3, 0.4) is 0 Å². The Morgan fingerprint density at radius 2 is 1.41 bits per heavy atom. The van der Waals surface area contributed by atoms with Crippen molar-refractivity contribution < 1.29 is 58.2 Å². The Bertz CT molecular complexity index is 1050. The lowest BCUT2D eigenvalue weighted by molar-refractivity contribution is -0.143. The predicted octanol–water partition coefficient (Wildman–Crippen LogP) is 7.22. The van der Waals surface area contributed by atoms with Crippen LogP contribution in [0, 0.1) is 5.82 Å². The summed E-state index contributed by atoms with van der Waals surface area (Å²) in [5.41, 5.74) is -7.52. The fraction of sp³-hybridized carbons (Fsp3) is 0.211. The minimum absolute atomic E-state index is 0.0471. The van der Waals surface area contributed by atoms with Gasteiger partial charge < -0.3 is 5.11 Å². The van der Waals surface area contributed by atoms with E-state index in [-0.39, 0.29) is 24.3 Å². The molecule has 13 heteroatoms. The maximum atomic E-state index is 14.5. The number of rotatable bonds is 4. The second-order valence-corrected chi connectivity index (χ2v) is 6.33. The molecule has 1 unspecified atom stereocenters. The minimum atomic E-state index is -5.41. The van der Waals surface area contributed by atoms with Crippen molar-refractivity contribution in [2.24, 2.45) is 0 Å². The summed E-state index contributed by atoms with van der Waals surface area (Å²) in [4.78, 5) is 10.9. The van der Waals surface area contributed by atoms with E-state index < -0.39 is 69.9 Å². The molecule has 2 aromatic carbocycles. The first-order valence-corrected chi connectivity index (χ1v) is 8.18. The highest BCUT2D eigenvalue weighted by atomic mass is 19.4. The first-order chi connectivity index (χ1) is 14.4. The lowest BCUT2D eigenvalue weighted by Crippen LogP contribution is -2.20. The third-order valence-electron chi connectivity index (χ3n) is 4.15. The van der Waals surface area contributed by atoms with Gasteiger partial charge in [-0.1, -0.05) is 12.1 Å². The van der Waals surface area contributed by atoms with Crippen molar-refractivity contribution in [1.29, 1.82) is 0 Å². The monoisotopic (exact) mass is 478 g/mol. The summed E-state index contributed by atoms with van der Waals surface area (Å²) in [5.74, 6) is -8.93. The highest BCUT2D eigenvalue weighted by Gasteiger charge is 2.42. The van der Waals surface area contributed by atoms with Gasteiger partial charge in [-0.3, -0.25) is 0 Å². The molecule has 0 heterocycles. The van der Waals surface area contributed by atoms with Crippen molar-refractivity contribution in [1.82, 2.24) is 0 Å². The smallest absolute Gasteiger partial charge is 0.419 e. The molecule has 0 fully saturated rings. The number of benzene rings is 2. The van der Waals surface area contributed by atoms with Gasteiger partial charge in [-0.25, -0.2) is 13.6 Å². The number of allylic oxidation sites excluding steroid dienone is 1. The summed E-state index contributed by atoms with van der Waals surface area (Å²) in [5, 5.41) is 8.79. The molecule has 0 aliphatic heterocycles. The Morgan fingerprint density at radius 1 is 0.844 bits per heavy atom. The molecule has 1 atom stereocenters. The van der Waals surface area contributed by atoms with Crippen LogP contribution in [0.25, 0.3) is 5.83 Å². The summed E-state index contributed by atoms with van der Waals surface area (Å²) in [7, 11) is 0. The van der Waals surface area contributed by atoms with Crippen molar-refractivity contribution in [3.63, 3.8) is 0 Å². The van der Waals surface area contributed by atoms with Crippen LogP contribution in [0.15, 0.2) is 42.5 Å². The Hall–Kier alpha value is -3.12. The lowest BCUT2D eigenvalue weighted by atomic mass is 9.94. The van der Waals surface area contributed by atoms with Gasteiger partial charge in [-0.05, 0) is 35.9 Å². The number of carboxylic acid groups (broad SMARTS) is 1. The van der Waals surface area contributed by atoms with E-state index in [1.165, 1.54) is 0 Å². The minimum Gasteiger partial charge on any atom is -0.478 e. The van der Waals surface area contributed by atoms with E-state index in [1.54, 1.807) is 0 Å². The lowest BCUT2D eigenvalue weighted by Gasteiger charge is -2.19. The molecule has 2 nitrogen and oxygen atoms in total. The van der Waals surface area contributed by atoms with Gasteiger partial charge in [0.05, 0.1) is 16.7 Å². The van der Waals surface area contributed by atoms with Crippen LogP contribution in [-0.2, 0) is 12.4 Å². The third-order valence-corrected chi connectivity index (χ3v) is 4.15. The maximum absolute atomic E-state index is 14.5. The number of carbonyl (C=O) groups is 1. The van der Waals surface area contributed by atoms with Crippen LogP contribution in [-0.4, -0.2) is 17.3 Å². The average Bonchev–Trinajstić information content (AvgIpc) is 2.63. The zero-order chi connectivity index (χ0) is 24.6. The molecule has 0 spiro atoms. The Kier molecular flexibility index (Phi) is 6.62. The number of carboxylic acids is 1. The van der Waals surface area contributed by atoms with E-state index in [0.29, 0.717) is 18.2 Å². The SMILES string of the molecule is O=C(O)c1ccc(/C(F)=C/C(c2ccc(F)c(C(F)(F)F)c2)C(F)(F)F)cc1C(F)(F)F. The zero-order valence-electron chi connectivity index (χ0n) is 15.1. The van der Waals surface area contributed by atoms with Crippen LogP contribution >= 0.6 is 0 Å². The molecule has 2 aromatic rings. The summed E-state index contributed by atoms with van der Waals surface area (Å²) in [6.07, 6.45) is -16.4. The number of hydrogen-bond acceptors (Lipinski definition) is 1. The van der Waals surface area contributed by atoms with Gasteiger partial charge in [-0.15, -0.1) is 0 Å². The van der Waals surface area contributed by atoms with Crippen molar-refractivity contribution in [2.75, 3.05) is 0 Å². The molecular weight excluding hydrogens is 469 g/mol. The van der Waals surface area contributed by atoms with Crippen molar-refractivity contribution in [2.45, 2.75) is 24.4 Å². The van der Waals surface area contributed by atoms with Crippen molar-refractivity contribution in [3.05, 3.63) is 76.1 Å². The molecule has 0 amide bonds. The number of halogens is 11. The highest BCUT2D eigenvalue weighted by molar-refractivity contribution is 5.90. The van der Waals surface area contributed by atoms with E-state index in [9.17, 15) is 53.1 Å².